The summed E-state index contributed by atoms with van der Waals surface area (Å²) in [5, 5.41) is 0. The van der Waals surface area contributed by atoms with Crippen LogP contribution < -0.4 is 9.47 Å². The van der Waals surface area contributed by atoms with Gasteiger partial charge >= 0.3 is 5.97 Å². The molecule has 3 aromatic carbocycles. The maximum atomic E-state index is 15.1. The van der Waals surface area contributed by atoms with Crippen molar-refractivity contribution in [2.75, 3.05) is 6.61 Å². The predicted octanol–water partition coefficient (Wildman–Crippen LogP) is 8.22. The molecule has 0 bridgehead atoms. The van der Waals surface area contributed by atoms with Gasteiger partial charge in [-0.25, -0.2) is 8.78 Å². The summed E-state index contributed by atoms with van der Waals surface area (Å²) in [5.41, 5.74) is 2.02. The van der Waals surface area contributed by atoms with Crippen LogP contribution in [0.25, 0.3) is 17.2 Å². The minimum absolute atomic E-state index is 0.163. The molecule has 0 atom stereocenters. The fraction of sp³-hybridized carbons (Fsp3) is 0.300. The van der Waals surface area contributed by atoms with Crippen molar-refractivity contribution in [3.05, 3.63) is 89.0 Å². The molecule has 1 fully saturated rings. The van der Waals surface area contributed by atoms with E-state index in [0.717, 1.165) is 11.6 Å². The van der Waals surface area contributed by atoms with E-state index in [1.165, 1.54) is 6.07 Å². The second-order valence-corrected chi connectivity index (χ2v) is 9.04. The van der Waals surface area contributed by atoms with E-state index in [1.54, 1.807) is 31.2 Å². The van der Waals surface area contributed by atoms with Crippen molar-refractivity contribution in [1.29, 1.82) is 0 Å². The molecule has 37 heavy (non-hydrogen) atoms. The summed E-state index contributed by atoms with van der Waals surface area (Å²) in [6.45, 7) is 3.71. The van der Waals surface area contributed by atoms with Crippen LogP contribution in [0.2, 0.25) is 0 Å². The Balaban J connectivity index is 1.41. The number of benzene rings is 3. The molecule has 1 aliphatic rings. The van der Waals surface area contributed by atoms with Gasteiger partial charge in [0.1, 0.15) is 0 Å². The van der Waals surface area contributed by atoms with Gasteiger partial charge in [-0.3, -0.25) is 4.79 Å². The van der Waals surface area contributed by atoms with Crippen LogP contribution in [0.3, 0.4) is 0 Å². The Labute approximate surface area is 213 Å². The lowest BCUT2D eigenvalue weighted by Gasteiger charge is -2.28. The Kier molecular flexibility index (Phi) is 8.31. The maximum absolute atomic E-state index is 15.1. The maximum Gasteiger partial charge on any atom is 0.314 e. The molecule has 4 rings (SSSR count). The zero-order valence-corrected chi connectivity index (χ0v) is 20.7. The van der Waals surface area contributed by atoms with Gasteiger partial charge in [-0.15, -0.1) is 0 Å². The first-order valence-electron chi connectivity index (χ1n) is 12.4. The molecule has 0 spiro atoms. The summed E-state index contributed by atoms with van der Waals surface area (Å²) < 4.78 is 68.6. The standard InChI is InChI=1S/C30H28F4O3/c1-3-5-18-6-8-19(9-7-18)22-14-15-23(27(32)26(22)31)20-10-12-21(13-11-20)30(35)37-25-17-16-24(36-4-2)28(33)29(25)34/h3,5-9,14-17,20-21H,4,10-13H2,1-2H3. The molecule has 0 saturated heterocycles. The minimum atomic E-state index is -1.29. The highest BCUT2D eigenvalue weighted by molar-refractivity contribution is 5.75. The third-order valence-electron chi connectivity index (χ3n) is 6.72. The van der Waals surface area contributed by atoms with E-state index >= 15 is 8.78 Å². The lowest BCUT2D eigenvalue weighted by molar-refractivity contribution is -0.140. The van der Waals surface area contributed by atoms with Gasteiger partial charge in [0.05, 0.1) is 12.5 Å². The molecular weight excluding hydrogens is 484 g/mol. The highest BCUT2D eigenvalue weighted by atomic mass is 19.2. The average Bonchev–Trinajstić information content (AvgIpc) is 2.91. The molecule has 1 saturated carbocycles. The fourth-order valence-corrected chi connectivity index (χ4v) is 4.76. The zero-order valence-electron chi connectivity index (χ0n) is 20.7. The summed E-state index contributed by atoms with van der Waals surface area (Å²) in [7, 11) is 0. The topological polar surface area (TPSA) is 35.5 Å². The summed E-state index contributed by atoms with van der Waals surface area (Å²) in [6.07, 6.45) is 5.42. The van der Waals surface area contributed by atoms with E-state index in [1.807, 2.05) is 31.2 Å². The van der Waals surface area contributed by atoms with Gasteiger partial charge in [0.25, 0.3) is 0 Å². The first-order valence-corrected chi connectivity index (χ1v) is 12.4. The second kappa shape index (κ2) is 11.6. The van der Waals surface area contributed by atoms with Gasteiger partial charge in [-0.1, -0.05) is 48.6 Å². The normalized spacial score (nSPS) is 17.7. The van der Waals surface area contributed by atoms with Gasteiger partial charge in [0, 0.05) is 5.56 Å². The highest BCUT2D eigenvalue weighted by Gasteiger charge is 2.31. The summed E-state index contributed by atoms with van der Waals surface area (Å²) in [5.74, 6) is -6.53. The molecular formula is C30H28F4O3. The van der Waals surface area contributed by atoms with Gasteiger partial charge < -0.3 is 9.47 Å². The van der Waals surface area contributed by atoms with Crippen LogP contribution in [0.15, 0.2) is 54.6 Å². The SMILES string of the molecule is CC=Cc1ccc(-c2ccc(C3CCC(C(=O)Oc4ccc(OCC)c(F)c4F)CC3)c(F)c2F)cc1. The van der Waals surface area contributed by atoms with E-state index < -0.39 is 40.9 Å². The Morgan fingerprint density at radius 3 is 2.14 bits per heavy atom. The van der Waals surface area contributed by atoms with E-state index in [4.69, 9.17) is 9.47 Å². The van der Waals surface area contributed by atoms with Crippen LogP contribution >= 0.6 is 0 Å². The molecule has 3 aromatic rings. The van der Waals surface area contributed by atoms with Crippen molar-refractivity contribution in [3.8, 4) is 22.6 Å². The van der Waals surface area contributed by atoms with Crippen LogP contribution in [0.1, 0.15) is 56.6 Å². The lowest BCUT2D eigenvalue weighted by atomic mass is 9.78. The Morgan fingerprint density at radius 1 is 0.838 bits per heavy atom. The molecule has 7 heteroatoms. The van der Waals surface area contributed by atoms with Gasteiger partial charge in [-0.2, -0.15) is 8.78 Å². The molecule has 194 valence electrons. The smallest absolute Gasteiger partial charge is 0.314 e. The van der Waals surface area contributed by atoms with Crippen molar-refractivity contribution in [2.24, 2.45) is 5.92 Å². The van der Waals surface area contributed by atoms with Crippen molar-refractivity contribution >= 4 is 12.0 Å². The molecule has 0 aliphatic heterocycles. The van der Waals surface area contributed by atoms with E-state index in [2.05, 4.69) is 0 Å². The number of esters is 1. The molecule has 0 unspecified atom stereocenters. The number of hydrogen-bond donors (Lipinski definition) is 0. The molecule has 0 radical (unpaired) electrons. The predicted molar refractivity (Wildman–Crippen MR) is 134 cm³/mol. The van der Waals surface area contributed by atoms with Crippen LogP contribution in [-0.4, -0.2) is 12.6 Å². The molecule has 3 nitrogen and oxygen atoms in total. The molecule has 0 amide bonds. The number of carbonyl (C=O) groups is 1. The number of halogens is 4. The van der Waals surface area contributed by atoms with Crippen LogP contribution in [-0.2, 0) is 4.79 Å². The van der Waals surface area contributed by atoms with Crippen molar-refractivity contribution < 1.29 is 31.8 Å². The molecule has 1 aliphatic carbocycles. The zero-order chi connectivity index (χ0) is 26.5. The first-order chi connectivity index (χ1) is 17.8. The average molecular weight is 513 g/mol. The monoisotopic (exact) mass is 512 g/mol. The number of ether oxygens (including phenoxy) is 2. The third-order valence-corrected chi connectivity index (χ3v) is 6.72. The first kappa shape index (κ1) is 26.5. The largest absolute Gasteiger partial charge is 0.491 e. The fourth-order valence-electron chi connectivity index (χ4n) is 4.76. The summed E-state index contributed by atoms with van der Waals surface area (Å²) >= 11 is 0. The van der Waals surface area contributed by atoms with Crippen LogP contribution in [0.5, 0.6) is 11.5 Å². The number of rotatable bonds is 7. The van der Waals surface area contributed by atoms with Gasteiger partial charge in [0.15, 0.2) is 23.1 Å². The Morgan fingerprint density at radius 2 is 1.49 bits per heavy atom. The minimum Gasteiger partial charge on any atom is -0.491 e. The van der Waals surface area contributed by atoms with E-state index in [9.17, 15) is 13.6 Å². The van der Waals surface area contributed by atoms with Crippen molar-refractivity contribution in [2.45, 2.75) is 45.4 Å². The highest BCUT2D eigenvalue weighted by Crippen LogP contribution is 2.40. The Hall–Kier alpha value is -3.61. The van der Waals surface area contributed by atoms with Crippen molar-refractivity contribution in [1.82, 2.24) is 0 Å². The third kappa shape index (κ3) is 5.71. The van der Waals surface area contributed by atoms with Crippen molar-refractivity contribution in [3.63, 3.8) is 0 Å². The lowest BCUT2D eigenvalue weighted by Crippen LogP contribution is -2.26. The van der Waals surface area contributed by atoms with Crippen LogP contribution in [0, 0.1) is 29.2 Å². The molecule has 0 aromatic heterocycles. The number of carbonyl (C=O) groups excluding carboxylic acids is 1. The quantitative estimate of drug-likeness (QED) is 0.182. The van der Waals surface area contributed by atoms with E-state index in [-0.39, 0.29) is 29.4 Å². The number of allylic oxidation sites excluding steroid dienone is 1. The summed E-state index contributed by atoms with van der Waals surface area (Å²) in [4.78, 5) is 12.6. The second-order valence-electron chi connectivity index (χ2n) is 9.04. The van der Waals surface area contributed by atoms with Crippen LogP contribution in [0.4, 0.5) is 17.6 Å². The summed E-state index contributed by atoms with van der Waals surface area (Å²) in [6, 6.07) is 12.7. The van der Waals surface area contributed by atoms with Gasteiger partial charge in [-0.05, 0) is 74.3 Å². The van der Waals surface area contributed by atoms with Gasteiger partial charge in [0.2, 0.25) is 11.6 Å². The number of hydrogen-bond acceptors (Lipinski definition) is 3. The Bertz CT molecular complexity index is 1290. The molecule has 0 heterocycles. The molecule has 0 N–H and O–H groups in total. The van der Waals surface area contributed by atoms with E-state index in [0.29, 0.717) is 31.2 Å².